The molecule has 0 saturated heterocycles. The van der Waals surface area contributed by atoms with Crippen molar-refractivity contribution in [1.29, 1.82) is 0 Å². The van der Waals surface area contributed by atoms with Crippen LogP contribution < -0.4 is 5.63 Å². The summed E-state index contributed by atoms with van der Waals surface area (Å²) in [5.41, 5.74) is 0.632. The fraction of sp³-hybridized carbons (Fsp3) is 0.227. The van der Waals surface area contributed by atoms with Crippen molar-refractivity contribution in [2.75, 3.05) is 0 Å². The van der Waals surface area contributed by atoms with Crippen LogP contribution in [-0.4, -0.2) is 5.11 Å². The Labute approximate surface area is 157 Å². The summed E-state index contributed by atoms with van der Waals surface area (Å²) in [7, 11) is 0. The van der Waals surface area contributed by atoms with Gasteiger partial charge in [0.05, 0.1) is 5.56 Å². The summed E-state index contributed by atoms with van der Waals surface area (Å²) < 4.78 is 5.55. The lowest BCUT2D eigenvalue weighted by Crippen LogP contribution is -2.13. The molecule has 0 aliphatic rings. The smallest absolute Gasteiger partial charge is 0.344 e. The Morgan fingerprint density at radius 3 is 2.19 bits per heavy atom. The number of thioether (sulfide) groups is 1. The van der Waals surface area contributed by atoms with E-state index in [9.17, 15) is 9.90 Å². The molecule has 1 heterocycles. The van der Waals surface area contributed by atoms with Crippen LogP contribution >= 0.6 is 11.8 Å². The average Bonchev–Trinajstić information content (AvgIpc) is 2.62. The minimum Gasteiger partial charge on any atom is -0.507 e. The Morgan fingerprint density at radius 1 is 1.00 bits per heavy atom. The van der Waals surface area contributed by atoms with E-state index in [1.807, 2.05) is 60.7 Å². The van der Waals surface area contributed by atoms with E-state index >= 15 is 0 Å². The maximum atomic E-state index is 12.7. The van der Waals surface area contributed by atoms with Crippen LogP contribution in [0.15, 0.2) is 80.8 Å². The molecular weight excluding hydrogens is 344 g/mol. The van der Waals surface area contributed by atoms with Gasteiger partial charge >= 0.3 is 5.63 Å². The Morgan fingerprint density at radius 2 is 1.62 bits per heavy atom. The molecule has 0 saturated carbocycles. The summed E-state index contributed by atoms with van der Waals surface area (Å²) in [4.78, 5) is 13.8. The van der Waals surface area contributed by atoms with Gasteiger partial charge in [-0.3, -0.25) is 0 Å². The second kappa shape index (κ2) is 8.28. The van der Waals surface area contributed by atoms with E-state index in [1.54, 1.807) is 17.8 Å². The molecule has 0 fully saturated rings. The van der Waals surface area contributed by atoms with Crippen LogP contribution in [0.2, 0.25) is 0 Å². The van der Waals surface area contributed by atoms with Gasteiger partial charge in [0.2, 0.25) is 0 Å². The predicted octanol–water partition coefficient (Wildman–Crippen LogP) is 5.89. The van der Waals surface area contributed by atoms with Crippen molar-refractivity contribution >= 4 is 11.8 Å². The van der Waals surface area contributed by atoms with Crippen LogP contribution in [-0.2, 0) is 0 Å². The van der Waals surface area contributed by atoms with Crippen LogP contribution in [0.4, 0.5) is 0 Å². The molecular formula is C22H22O3S. The van der Waals surface area contributed by atoms with E-state index in [0.717, 1.165) is 16.9 Å². The molecule has 3 aromatic rings. The van der Waals surface area contributed by atoms with Crippen LogP contribution in [0.25, 0.3) is 11.3 Å². The lowest BCUT2D eigenvalue weighted by Gasteiger charge is -2.19. The number of aromatic hydroxyl groups is 1. The molecule has 0 bridgehead atoms. The van der Waals surface area contributed by atoms with E-state index in [1.165, 1.54) is 0 Å². The minimum absolute atomic E-state index is 0.00539. The highest BCUT2D eigenvalue weighted by Gasteiger charge is 2.24. The van der Waals surface area contributed by atoms with Gasteiger partial charge in [0.1, 0.15) is 11.5 Å². The van der Waals surface area contributed by atoms with Gasteiger partial charge in [-0.25, -0.2) is 4.79 Å². The molecule has 134 valence electrons. The standard InChI is InChI=1S/C22H22O3S/c1-15(2)13-20(26-17-11-7-4-8-12-17)21-18(23)14-19(25-22(21)24)16-9-5-3-6-10-16/h3-12,14-15,20,23H,13H2,1-2H3/t20-/m1/s1. The molecule has 0 radical (unpaired) electrons. The second-order valence-electron chi connectivity index (χ2n) is 6.61. The van der Waals surface area contributed by atoms with Gasteiger partial charge in [0.15, 0.2) is 0 Å². The predicted molar refractivity (Wildman–Crippen MR) is 107 cm³/mol. The van der Waals surface area contributed by atoms with Gasteiger partial charge in [-0.05, 0) is 24.5 Å². The third-order valence-electron chi connectivity index (χ3n) is 4.05. The third kappa shape index (κ3) is 4.38. The molecule has 3 rings (SSSR count). The summed E-state index contributed by atoms with van der Waals surface area (Å²) in [5, 5.41) is 10.5. The molecule has 0 amide bonds. The van der Waals surface area contributed by atoms with Gasteiger partial charge in [-0.2, -0.15) is 0 Å². The summed E-state index contributed by atoms with van der Waals surface area (Å²) >= 11 is 1.58. The number of hydrogen-bond donors (Lipinski definition) is 1. The van der Waals surface area contributed by atoms with Crippen molar-refractivity contribution in [2.45, 2.75) is 30.4 Å². The van der Waals surface area contributed by atoms with Crippen molar-refractivity contribution < 1.29 is 9.52 Å². The molecule has 3 nitrogen and oxygen atoms in total. The summed E-state index contributed by atoms with van der Waals surface area (Å²) in [6.45, 7) is 4.21. The summed E-state index contributed by atoms with van der Waals surface area (Å²) in [6.07, 6.45) is 0.766. The first kappa shape index (κ1) is 18.3. The maximum Gasteiger partial charge on any atom is 0.344 e. The highest BCUT2D eigenvalue weighted by molar-refractivity contribution is 7.99. The van der Waals surface area contributed by atoms with Crippen LogP contribution in [0.1, 0.15) is 31.1 Å². The molecule has 1 atom stereocenters. The first-order chi connectivity index (χ1) is 12.5. The van der Waals surface area contributed by atoms with E-state index in [4.69, 9.17) is 4.42 Å². The van der Waals surface area contributed by atoms with Gasteiger partial charge < -0.3 is 9.52 Å². The number of hydrogen-bond acceptors (Lipinski definition) is 4. The molecule has 0 unspecified atom stereocenters. The largest absolute Gasteiger partial charge is 0.507 e. The molecule has 4 heteroatoms. The maximum absolute atomic E-state index is 12.7. The summed E-state index contributed by atoms with van der Waals surface area (Å²) in [6, 6.07) is 20.8. The van der Waals surface area contributed by atoms with Crippen LogP contribution in [0.5, 0.6) is 5.75 Å². The van der Waals surface area contributed by atoms with Gasteiger partial charge in [-0.1, -0.05) is 62.4 Å². The molecule has 26 heavy (non-hydrogen) atoms. The normalized spacial score (nSPS) is 12.3. The van der Waals surface area contributed by atoms with Crippen LogP contribution in [0, 0.1) is 5.92 Å². The van der Waals surface area contributed by atoms with Crippen LogP contribution in [0.3, 0.4) is 0 Å². The monoisotopic (exact) mass is 366 g/mol. The minimum atomic E-state index is -0.474. The molecule has 1 aromatic heterocycles. The van der Waals surface area contributed by atoms with Crippen molar-refractivity contribution in [2.24, 2.45) is 5.92 Å². The zero-order valence-corrected chi connectivity index (χ0v) is 15.7. The van der Waals surface area contributed by atoms with Gasteiger partial charge in [-0.15, -0.1) is 11.8 Å². The SMILES string of the molecule is CC(C)C[C@@H](Sc1ccccc1)c1c(O)cc(-c2ccccc2)oc1=O. The topological polar surface area (TPSA) is 50.4 Å². The average molecular weight is 366 g/mol. The molecule has 1 N–H and O–H groups in total. The summed E-state index contributed by atoms with van der Waals surface area (Å²) in [5.74, 6) is 0.753. The molecule has 0 aliphatic carbocycles. The fourth-order valence-corrected chi connectivity index (χ4v) is 4.31. The second-order valence-corrected chi connectivity index (χ2v) is 7.89. The highest BCUT2D eigenvalue weighted by atomic mass is 32.2. The Hall–Kier alpha value is -2.46. The van der Waals surface area contributed by atoms with Crippen molar-refractivity contribution in [1.82, 2.24) is 0 Å². The lowest BCUT2D eigenvalue weighted by molar-refractivity contribution is 0.433. The van der Waals surface area contributed by atoms with Gasteiger partial charge in [0, 0.05) is 21.8 Å². The zero-order valence-electron chi connectivity index (χ0n) is 14.9. The van der Waals surface area contributed by atoms with E-state index < -0.39 is 5.63 Å². The first-order valence-electron chi connectivity index (χ1n) is 8.68. The van der Waals surface area contributed by atoms with E-state index in [2.05, 4.69) is 13.8 Å². The Balaban J connectivity index is 1.99. The Bertz CT molecular complexity index is 902. The molecule has 0 aliphatic heterocycles. The van der Waals surface area contributed by atoms with Gasteiger partial charge in [0.25, 0.3) is 0 Å². The molecule has 0 spiro atoms. The quantitative estimate of drug-likeness (QED) is 0.553. The van der Waals surface area contributed by atoms with Crippen molar-refractivity contribution in [3.63, 3.8) is 0 Å². The van der Waals surface area contributed by atoms with E-state index in [-0.39, 0.29) is 11.0 Å². The first-order valence-corrected chi connectivity index (χ1v) is 9.56. The fourth-order valence-electron chi connectivity index (χ4n) is 2.85. The molecule has 2 aromatic carbocycles. The number of benzene rings is 2. The van der Waals surface area contributed by atoms with E-state index in [0.29, 0.717) is 17.2 Å². The van der Waals surface area contributed by atoms with Crippen molar-refractivity contribution in [3.05, 3.63) is 82.7 Å². The lowest BCUT2D eigenvalue weighted by atomic mass is 10.0. The van der Waals surface area contributed by atoms with Crippen molar-refractivity contribution in [3.8, 4) is 17.1 Å². The third-order valence-corrected chi connectivity index (χ3v) is 5.31. The highest BCUT2D eigenvalue weighted by Crippen LogP contribution is 2.42. The Kier molecular flexibility index (Phi) is 5.84. The zero-order chi connectivity index (χ0) is 18.5. The number of rotatable bonds is 6.